The van der Waals surface area contributed by atoms with Crippen LogP contribution in [0.25, 0.3) is 0 Å². The van der Waals surface area contributed by atoms with E-state index in [1.54, 1.807) is 0 Å². The van der Waals surface area contributed by atoms with Crippen LogP contribution in [0.3, 0.4) is 0 Å². The first-order valence-electron chi connectivity index (χ1n) is 12.2. The number of rotatable bonds is 10. The molecule has 0 saturated heterocycles. The molecule has 0 unspecified atom stereocenters. The van der Waals surface area contributed by atoms with Crippen LogP contribution in [0.1, 0.15) is 33.4 Å². The number of hydrogen-bond donors (Lipinski definition) is 2. The van der Waals surface area contributed by atoms with E-state index < -0.39 is 0 Å². The summed E-state index contributed by atoms with van der Waals surface area (Å²) in [4.78, 5) is 0. The Balaban J connectivity index is 1.27. The second-order valence-electron chi connectivity index (χ2n) is 9.14. The van der Waals surface area contributed by atoms with Crippen molar-refractivity contribution < 1.29 is 19.3 Å². The molecule has 0 radical (unpaired) electrons. The van der Waals surface area contributed by atoms with Crippen LogP contribution in [0, 0.1) is 0 Å². The Bertz CT molecular complexity index is 1330. The Kier molecular flexibility index (Phi) is 7.36. The Morgan fingerprint density at radius 3 is 1.25 bits per heavy atom. The normalized spacial score (nSPS) is 11.2. The zero-order valence-corrected chi connectivity index (χ0v) is 20.3. The average molecular weight is 481 g/mol. The van der Waals surface area contributed by atoms with Crippen molar-refractivity contribution in [1.29, 1.82) is 0 Å². The van der Waals surface area contributed by atoms with Crippen LogP contribution in [-0.4, -0.2) is 19.3 Å². The molecule has 0 amide bonds. The first-order valence-corrected chi connectivity index (χ1v) is 12.2. The van der Waals surface area contributed by atoms with Gasteiger partial charge in [-0.05, 0) is 22.3 Å². The summed E-state index contributed by atoms with van der Waals surface area (Å²) >= 11 is 0. The van der Waals surface area contributed by atoms with Gasteiger partial charge < -0.3 is 10.2 Å². The predicted octanol–water partition coefficient (Wildman–Crippen LogP) is 3.04. The van der Waals surface area contributed by atoms with E-state index in [1.807, 2.05) is 36.4 Å². The van der Waals surface area contributed by atoms with Crippen molar-refractivity contribution in [2.24, 2.45) is 0 Å². The molecule has 36 heavy (non-hydrogen) atoms. The highest BCUT2D eigenvalue weighted by atomic mass is 16.3. The molecular formula is C30H32N4O2+2. The molecular weight excluding hydrogens is 448 g/mol. The summed E-state index contributed by atoms with van der Waals surface area (Å²) in [5.41, 5.74) is 6.75. The summed E-state index contributed by atoms with van der Waals surface area (Å²) in [6, 6.07) is 24.6. The van der Waals surface area contributed by atoms with Crippen LogP contribution in [0.5, 0.6) is 0 Å². The van der Waals surface area contributed by atoms with Crippen LogP contribution in [-0.2, 0) is 39.4 Å². The molecule has 0 atom stereocenters. The maximum absolute atomic E-state index is 9.62. The number of benzene rings is 3. The van der Waals surface area contributed by atoms with Crippen molar-refractivity contribution in [2.75, 3.05) is 0 Å². The topological polar surface area (TPSA) is 58.1 Å². The van der Waals surface area contributed by atoms with E-state index in [1.165, 1.54) is 11.1 Å². The molecule has 0 aliphatic carbocycles. The van der Waals surface area contributed by atoms with E-state index in [2.05, 4.69) is 92.1 Å². The van der Waals surface area contributed by atoms with Gasteiger partial charge >= 0.3 is 0 Å². The van der Waals surface area contributed by atoms with Gasteiger partial charge in [0.25, 0.3) is 0 Å². The van der Waals surface area contributed by atoms with E-state index in [4.69, 9.17) is 0 Å². The molecule has 0 fully saturated rings. The van der Waals surface area contributed by atoms with E-state index in [0.29, 0.717) is 0 Å². The Labute approximate surface area is 211 Å². The van der Waals surface area contributed by atoms with Crippen LogP contribution in [0.4, 0.5) is 0 Å². The molecule has 0 bridgehead atoms. The zero-order valence-electron chi connectivity index (χ0n) is 20.3. The van der Waals surface area contributed by atoms with Crippen LogP contribution in [0.15, 0.2) is 110 Å². The van der Waals surface area contributed by atoms with Crippen molar-refractivity contribution in [3.63, 3.8) is 0 Å². The van der Waals surface area contributed by atoms with Crippen molar-refractivity contribution in [3.8, 4) is 0 Å². The SMILES string of the molecule is OCc1ccccc1C[n+]1ccn(Cc2ccccc2Cn2cc[n+](Cc3ccccc3CO)c2)c1. The van der Waals surface area contributed by atoms with Gasteiger partial charge in [-0.2, -0.15) is 0 Å². The molecule has 2 heterocycles. The molecule has 0 aliphatic rings. The average Bonchev–Trinajstić information content (AvgIpc) is 3.55. The number of aliphatic hydroxyl groups excluding tert-OH is 2. The second-order valence-corrected chi connectivity index (χ2v) is 9.14. The Hall–Kier alpha value is -4.00. The highest BCUT2D eigenvalue weighted by Crippen LogP contribution is 2.13. The molecule has 6 heteroatoms. The fourth-order valence-corrected chi connectivity index (χ4v) is 4.64. The second kappa shape index (κ2) is 11.2. The van der Waals surface area contributed by atoms with Gasteiger partial charge in [0.15, 0.2) is 0 Å². The minimum absolute atomic E-state index is 0.0537. The monoisotopic (exact) mass is 480 g/mol. The van der Waals surface area contributed by atoms with Crippen LogP contribution in [0.2, 0.25) is 0 Å². The first kappa shape index (κ1) is 23.7. The van der Waals surface area contributed by atoms with Gasteiger partial charge in [-0.3, -0.25) is 0 Å². The summed E-state index contributed by atoms with van der Waals surface area (Å²) in [6.07, 6.45) is 12.6. The molecule has 2 N–H and O–H groups in total. The predicted molar refractivity (Wildman–Crippen MR) is 137 cm³/mol. The van der Waals surface area contributed by atoms with Crippen molar-refractivity contribution in [2.45, 2.75) is 39.4 Å². The lowest BCUT2D eigenvalue weighted by molar-refractivity contribution is -0.688. The van der Waals surface area contributed by atoms with Gasteiger partial charge in [0.2, 0.25) is 12.7 Å². The third-order valence-electron chi connectivity index (χ3n) is 6.60. The van der Waals surface area contributed by atoms with Gasteiger partial charge in [-0.15, -0.1) is 0 Å². The van der Waals surface area contributed by atoms with Crippen molar-refractivity contribution in [3.05, 3.63) is 144 Å². The van der Waals surface area contributed by atoms with Crippen LogP contribution >= 0.6 is 0 Å². The molecule has 0 aliphatic heterocycles. The smallest absolute Gasteiger partial charge is 0.244 e. The molecule has 182 valence electrons. The summed E-state index contributed by atoms with van der Waals surface area (Å²) in [5.74, 6) is 0. The largest absolute Gasteiger partial charge is 0.392 e. The summed E-state index contributed by atoms with van der Waals surface area (Å²) < 4.78 is 8.69. The Morgan fingerprint density at radius 1 is 0.500 bits per heavy atom. The quantitative estimate of drug-likeness (QED) is 0.302. The summed E-state index contributed by atoms with van der Waals surface area (Å²) in [5, 5.41) is 19.2. The lowest BCUT2D eigenvalue weighted by Crippen LogP contribution is -2.32. The number of aliphatic hydroxyl groups is 2. The van der Waals surface area contributed by atoms with Crippen molar-refractivity contribution >= 4 is 0 Å². The maximum atomic E-state index is 9.62. The highest BCUT2D eigenvalue weighted by molar-refractivity contribution is 5.28. The molecule has 5 rings (SSSR count). The fourth-order valence-electron chi connectivity index (χ4n) is 4.64. The van der Waals surface area contributed by atoms with E-state index in [0.717, 1.165) is 48.4 Å². The summed E-state index contributed by atoms with van der Waals surface area (Å²) in [7, 11) is 0. The van der Waals surface area contributed by atoms with Crippen LogP contribution < -0.4 is 9.13 Å². The number of nitrogens with zero attached hydrogens (tertiary/aromatic N) is 4. The Morgan fingerprint density at radius 2 is 0.861 bits per heavy atom. The standard InChI is InChI=1S/C30H32N4O2/c35-21-29-11-5-3-9-27(29)19-33-15-13-31(23-33)17-25-7-1-2-8-26(25)18-32-14-16-34(24-32)20-28-10-4-6-12-30(28)22-36/h1-16,23-24,35-36H,17-22H2/q+2. The molecule has 3 aromatic carbocycles. The zero-order chi connectivity index (χ0) is 24.7. The lowest BCUT2D eigenvalue weighted by atomic mass is 10.1. The van der Waals surface area contributed by atoms with Crippen molar-refractivity contribution in [1.82, 2.24) is 9.13 Å². The van der Waals surface area contributed by atoms with E-state index >= 15 is 0 Å². The highest BCUT2D eigenvalue weighted by Gasteiger charge is 2.13. The minimum Gasteiger partial charge on any atom is -0.392 e. The van der Waals surface area contributed by atoms with Gasteiger partial charge in [-0.1, -0.05) is 72.8 Å². The number of aromatic nitrogens is 4. The first-order chi connectivity index (χ1) is 17.7. The van der Waals surface area contributed by atoms with E-state index in [-0.39, 0.29) is 13.2 Å². The molecule has 0 spiro atoms. The molecule has 2 aromatic heterocycles. The third kappa shape index (κ3) is 5.62. The van der Waals surface area contributed by atoms with E-state index in [9.17, 15) is 10.2 Å². The maximum Gasteiger partial charge on any atom is 0.244 e. The van der Waals surface area contributed by atoms with Gasteiger partial charge in [0, 0.05) is 11.1 Å². The summed E-state index contributed by atoms with van der Waals surface area (Å²) in [6.45, 7) is 3.14. The number of imidazole rings is 2. The fraction of sp³-hybridized carbons (Fsp3) is 0.200. The number of hydrogen-bond acceptors (Lipinski definition) is 2. The molecule has 0 saturated carbocycles. The third-order valence-corrected chi connectivity index (χ3v) is 6.60. The lowest BCUT2D eigenvalue weighted by Gasteiger charge is -2.06. The van der Waals surface area contributed by atoms with Gasteiger partial charge in [0.05, 0.1) is 13.2 Å². The van der Waals surface area contributed by atoms with Gasteiger partial charge in [-0.25, -0.2) is 18.3 Å². The molecule has 6 nitrogen and oxygen atoms in total. The molecule has 5 aromatic rings. The van der Waals surface area contributed by atoms with Gasteiger partial charge in [0.1, 0.15) is 51.0 Å². The minimum atomic E-state index is 0.0537.